The number of morpholine rings is 1. The summed E-state index contributed by atoms with van der Waals surface area (Å²) in [5.74, 6) is -0.527. The van der Waals surface area contributed by atoms with Gasteiger partial charge in [0, 0.05) is 12.5 Å². The van der Waals surface area contributed by atoms with Gasteiger partial charge in [-0.3, -0.25) is 4.79 Å². The molecule has 24 heavy (non-hydrogen) atoms. The second-order valence-corrected chi connectivity index (χ2v) is 6.61. The largest absolute Gasteiger partial charge is 0.481 e. The lowest BCUT2D eigenvalue weighted by molar-refractivity contribution is -0.146. The van der Waals surface area contributed by atoms with E-state index in [-0.39, 0.29) is 36.3 Å². The molecule has 3 atom stereocenters. The Kier molecular flexibility index (Phi) is 5.36. The number of halogens is 1. The fourth-order valence-corrected chi connectivity index (χ4v) is 3.65. The molecule has 132 valence electrons. The predicted molar refractivity (Wildman–Crippen MR) is 86.3 cm³/mol. The Morgan fingerprint density at radius 2 is 2.29 bits per heavy atom. The first-order valence-electron chi connectivity index (χ1n) is 8.50. The van der Waals surface area contributed by atoms with Crippen molar-refractivity contribution in [1.29, 1.82) is 0 Å². The van der Waals surface area contributed by atoms with Gasteiger partial charge in [-0.2, -0.15) is 0 Å². The first-order chi connectivity index (χ1) is 11.6. The molecule has 2 fully saturated rings. The number of ether oxygens (including phenoxy) is 2. The van der Waals surface area contributed by atoms with E-state index in [0.717, 1.165) is 24.8 Å². The Labute approximate surface area is 141 Å². The highest BCUT2D eigenvalue weighted by atomic mass is 19.1. The van der Waals surface area contributed by atoms with E-state index in [4.69, 9.17) is 9.47 Å². The number of hydrogen-bond donors (Lipinski definition) is 1. The molecule has 0 spiro atoms. The monoisotopic (exact) mass is 337 g/mol. The molecule has 0 aromatic heterocycles. The summed E-state index contributed by atoms with van der Waals surface area (Å²) in [5, 5.41) is 10.1. The molecule has 1 aromatic rings. The van der Waals surface area contributed by atoms with Gasteiger partial charge in [-0.05, 0) is 37.5 Å². The van der Waals surface area contributed by atoms with Crippen molar-refractivity contribution in [1.82, 2.24) is 4.90 Å². The number of aryl methyl sites for hydroxylation is 1. The van der Waals surface area contributed by atoms with Crippen LogP contribution in [0.5, 0.6) is 5.75 Å². The average Bonchev–Trinajstić information content (AvgIpc) is 3.01. The fourth-order valence-electron chi connectivity index (χ4n) is 3.65. The van der Waals surface area contributed by atoms with Crippen molar-refractivity contribution in [2.75, 3.05) is 26.4 Å². The van der Waals surface area contributed by atoms with Crippen LogP contribution < -0.4 is 4.74 Å². The molecule has 5 nitrogen and oxygen atoms in total. The molecule has 1 saturated heterocycles. The van der Waals surface area contributed by atoms with E-state index in [1.54, 1.807) is 17.0 Å². The summed E-state index contributed by atoms with van der Waals surface area (Å²) in [5.41, 5.74) is 0.872. The molecule has 0 bridgehead atoms. The molecular formula is C18H24FNO4. The molecule has 1 aliphatic carbocycles. The van der Waals surface area contributed by atoms with Gasteiger partial charge in [0.15, 0.2) is 18.2 Å². The number of amides is 1. The summed E-state index contributed by atoms with van der Waals surface area (Å²) in [7, 11) is 0. The summed E-state index contributed by atoms with van der Waals surface area (Å²) >= 11 is 0. The molecule has 1 aliphatic heterocycles. The Morgan fingerprint density at radius 1 is 1.46 bits per heavy atom. The minimum absolute atomic E-state index is 0.0463. The minimum atomic E-state index is -0.474. The maximum atomic E-state index is 13.7. The third kappa shape index (κ3) is 3.70. The van der Waals surface area contributed by atoms with E-state index in [2.05, 4.69) is 0 Å². The highest BCUT2D eigenvalue weighted by Crippen LogP contribution is 2.32. The molecular weight excluding hydrogens is 313 g/mol. The standard InChI is InChI=1S/C18H24FNO4/c1-12-5-6-14(19)17(9-12)24-11-18(22)20-7-8-23-10-15(20)13-3-2-4-16(13)21/h5-6,9,13,15-16,21H,2-4,7-8,10-11H2,1H3/t13-,15+,16-/m0/s1. The van der Waals surface area contributed by atoms with Crippen molar-refractivity contribution in [2.24, 2.45) is 5.92 Å². The lowest BCUT2D eigenvalue weighted by atomic mass is 9.94. The number of aliphatic hydroxyl groups excluding tert-OH is 1. The zero-order valence-electron chi connectivity index (χ0n) is 13.9. The molecule has 2 aliphatic rings. The van der Waals surface area contributed by atoms with E-state index >= 15 is 0 Å². The Bertz CT molecular complexity index is 594. The van der Waals surface area contributed by atoms with Crippen LogP contribution in [0.1, 0.15) is 24.8 Å². The van der Waals surface area contributed by atoms with E-state index in [1.807, 2.05) is 6.92 Å². The number of carbonyl (C=O) groups excluding carboxylic acids is 1. The third-order valence-electron chi connectivity index (χ3n) is 4.95. The SMILES string of the molecule is Cc1ccc(F)c(OCC(=O)N2CCOC[C@@H]2[C@@H]2CCC[C@@H]2O)c1. The number of aliphatic hydroxyl groups is 1. The normalized spacial score (nSPS) is 27.3. The second-order valence-electron chi connectivity index (χ2n) is 6.61. The van der Waals surface area contributed by atoms with Gasteiger partial charge >= 0.3 is 0 Å². The summed E-state index contributed by atoms with van der Waals surface area (Å²) in [6.45, 7) is 3.02. The van der Waals surface area contributed by atoms with Crippen LogP contribution in [-0.4, -0.2) is 54.4 Å². The van der Waals surface area contributed by atoms with Crippen molar-refractivity contribution < 1.29 is 23.8 Å². The van der Waals surface area contributed by atoms with Crippen molar-refractivity contribution in [3.05, 3.63) is 29.6 Å². The summed E-state index contributed by atoms with van der Waals surface area (Å²) in [6.07, 6.45) is 2.25. The second kappa shape index (κ2) is 7.49. The lowest BCUT2D eigenvalue weighted by Crippen LogP contribution is -2.54. The Balaban J connectivity index is 1.64. The Hall–Kier alpha value is -1.66. The zero-order chi connectivity index (χ0) is 17.1. The molecule has 1 heterocycles. The summed E-state index contributed by atoms with van der Waals surface area (Å²) in [6, 6.07) is 4.44. The maximum Gasteiger partial charge on any atom is 0.260 e. The summed E-state index contributed by atoms with van der Waals surface area (Å²) < 4.78 is 24.6. The number of carbonyl (C=O) groups is 1. The van der Waals surface area contributed by atoms with Gasteiger partial charge in [0.1, 0.15) is 0 Å². The van der Waals surface area contributed by atoms with Crippen LogP contribution in [-0.2, 0) is 9.53 Å². The maximum absolute atomic E-state index is 13.7. The van der Waals surface area contributed by atoms with Gasteiger partial charge in [0.2, 0.25) is 0 Å². The van der Waals surface area contributed by atoms with Gasteiger partial charge in [-0.25, -0.2) is 4.39 Å². The van der Waals surface area contributed by atoms with E-state index in [0.29, 0.717) is 19.8 Å². The van der Waals surface area contributed by atoms with Crippen molar-refractivity contribution in [3.8, 4) is 5.75 Å². The van der Waals surface area contributed by atoms with Gasteiger partial charge in [0.05, 0.1) is 25.4 Å². The Morgan fingerprint density at radius 3 is 3.04 bits per heavy atom. The van der Waals surface area contributed by atoms with Crippen LogP contribution >= 0.6 is 0 Å². The molecule has 1 N–H and O–H groups in total. The van der Waals surface area contributed by atoms with Gasteiger partial charge < -0.3 is 19.5 Å². The third-order valence-corrected chi connectivity index (χ3v) is 4.95. The van der Waals surface area contributed by atoms with Gasteiger partial charge in [0.25, 0.3) is 5.91 Å². The zero-order valence-corrected chi connectivity index (χ0v) is 13.9. The number of rotatable bonds is 4. The van der Waals surface area contributed by atoms with E-state index in [1.165, 1.54) is 6.07 Å². The average molecular weight is 337 g/mol. The molecule has 0 unspecified atom stereocenters. The van der Waals surface area contributed by atoms with Crippen molar-refractivity contribution in [2.45, 2.75) is 38.3 Å². The predicted octanol–water partition coefficient (Wildman–Crippen LogP) is 1.90. The molecule has 0 radical (unpaired) electrons. The molecule has 3 rings (SSSR count). The highest BCUT2D eigenvalue weighted by Gasteiger charge is 2.39. The van der Waals surface area contributed by atoms with E-state index < -0.39 is 5.82 Å². The molecule has 1 aromatic carbocycles. The van der Waals surface area contributed by atoms with Crippen molar-refractivity contribution >= 4 is 5.91 Å². The number of hydrogen-bond acceptors (Lipinski definition) is 4. The molecule has 6 heteroatoms. The van der Waals surface area contributed by atoms with Gasteiger partial charge in [-0.15, -0.1) is 0 Å². The van der Waals surface area contributed by atoms with Crippen LogP contribution in [0.2, 0.25) is 0 Å². The van der Waals surface area contributed by atoms with Gasteiger partial charge in [-0.1, -0.05) is 12.5 Å². The van der Waals surface area contributed by atoms with E-state index in [9.17, 15) is 14.3 Å². The van der Waals surface area contributed by atoms with Crippen LogP contribution in [0, 0.1) is 18.7 Å². The topological polar surface area (TPSA) is 59.0 Å². The fraction of sp³-hybridized carbons (Fsp3) is 0.611. The highest BCUT2D eigenvalue weighted by molar-refractivity contribution is 5.78. The first kappa shape index (κ1) is 17.2. The summed E-state index contributed by atoms with van der Waals surface area (Å²) in [4.78, 5) is 14.3. The van der Waals surface area contributed by atoms with Crippen molar-refractivity contribution in [3.63, 3.8) is 0 Å². The van der Waals surface area contributed by atoms with Crippen LogP contribution in [0.4, 0.5) is 4.39 Å². The minimum Gasteiger partial charge on any atom is -0.481 e. The quantitative estimate of drug-likeness (QED) is 0.912. The van der Waals surface area contributed by atoms with Crippen LogP contribution in [0.15, 0.2) is 18.2 Å². The lowest BCUT2D eigenvalue weighted by Gasteiger charge is -2.40. The number of nitrogens with zero attached hydrogens (tertiary/aromatic N) is 1. The first-order valence-corrected chi connectivity index (χ1v) is 8.50. The van der Waals surface area contributed by atoms with Crippen LogP contribution in [0.25, 0.3) is 0 Å². The smallest absolute Gasteiger partial charge is 0.260 e. The van der Waals surface area contributed by atoms with Crippen LogP contribution in [0.3, 0.4) is 0 Å². The molecule has 1 saturated carbocycles. The number of benzene rings is 1. The molecule has 1 amide bonds.